The number of aryl methyl sites for hydroxylation is 2. The molecule has 2 fully saturated rings. The molecule has 2 aliphatic rings. The summed E-state index contributed by atoms with van der Waals surface area (Å²) in [7, 11) is -3.70. The van der Waals surface area contributed by atoms with Gasteiger partial charge in [0, 0.05) is 12.1 Å². The summed E-state index contributed by atoms with van der Waals surface area (Å²) >= 11 is 0. The first-order valence-electron chi connectivity index (χ1n) is 34.5. The number of carbonyl (C=O) groups excluding carboxylic acids is 5. The van der Waals surface area contributed by atoms with E-state index in [9.17, 15) is 42.0 Å². The summed E-state index contributed by atoms with van der Waals surface area (Å²) < 4.78 is 57.6. The number of hydrogen-bond acceptors (Lipinski definition) is 16. The number of ether oxygens (including phenoxy) is 5. The number of amides is 4. The number of sulfonamides is 1. The van der Waals surface area contributed by atoms with Crippen LogP contribution in [0.3, 0.4) is 0 Å². The minimum absolute atomic E-state index is 0.0212. The summed E-state index contributed by atoms with van der Waals surface area (Å²) in [6.45, 7) is 23.7. The second kappa shape index (κ2) is 33.7. The number of carbonyl (C=O) groups is 5. The topological polar surface area (TPSA) is 254 Å². The smallest absolute Gasteiger partial charge is 0.422 e. The van der Waals surface area contributed by atoms with Gasteiger partial charge in [0.05, 0.1) is 77.6 Å². The molecule has 5 aromatic carbocycles. The first kappa shape index (κ1) is 75.0. The zero-order valence-electron chi connectivity index (χ0n) is 59.0. The van der Waals surface area contributed by atoms with Gasteiger partial charge in [-0.05, 0) is 129 Å². The molecule has 0 saturated carbocycles. The van der Waals surface area contributed by atoms with Gasteiger partial charge in [-0.2, -0.15) is 0 Å². The number of unbranched alkanes of at least 4 members (excludes halogenated alkanes) is 11. The molecule has 526 valence electrons. The lowest BCUT2D eigenvalue weighted by atomic mass is 9.76. The lowest BCUT2D eigenvalue weighted by Crippen LogP contribution is -2.33. The maximum Gasteiger partial charge on any atom is 0.422 e. The highest BCUT2D eigenvalue weighted by molar-refractivity contribution is 7.92. The average Bonchev–Trinajstić information content (AvgIpc) is 1.47. The normalized spacial score (nSPS) is 15.1. The van der Waals surface area contributed by atoms with Gasteiger partial charge in [-0.3, -0.25) is 33.0 Å². The number of imide groups is 2. The summed E-state index contributed by atoms with van der Waals surface area (Å²) in [5.41, 5.74) is 3.96. The van der Waals surface area contributed by atoms with Gasteiger partial charge in [0.2, 0.25) is 22.2 Å². The fourth-order valence-electron chi connectivity index (χ4n) is 11.9. The van der Waals surface area contributed by atoms with Crippen molar-refractivity contribution in [3.63, 3.8) is 0 Å². The van der Waals surface area contributed by atoms with E-state index in [0.29, 0.717) is 47.4 Å². The number of fused-ring (bicyclic) bond motifs is 2. The molecule has 1 N–H and O–H groups in total. The Morgan fingerprint density at radius 3 is 1.78 bits per heavy atom. The van der Waals surface area contributed by atoms with Crippen molar-refractivity contribution < 1.29 is 56.1 Å². The molecule has 2 saturated heterocycles. The summed E-state index contributed by atoms with van der Waals surface area (Å²) in [4.78, 5) is 106. The molecule has 2 aliphatic heterocycles. The number of benzene rings is 5. The number of para-hydroxylation sites is 3. The molecule has 4 amide bonds. The third kappa shape index (κ3) is 18.3. The van der Waals surface area contributed by atoms with Gasteiger partial charge in [-0.1, -0.05) is 174 Å². The van der Waals surface area contributed by atoms with E-state index in [2.05, 4.69) is 76.4 Å². The first-order chi connectivity index (χ1) is 46.7. The molecule has 0 aliphatic carbocycles. The Labute approximate surface area is 575 Å². The van der Waals surface area contributed by atoms with Crippen molar-refractivity contribution in [3.05, 3.63) is 163 Å². The molecule has 2 aromatic heterocycles. The Bertz CT molecular complexity index is 4250. The second-order valence-electron chi connectivity index (χ2n) is 26.9. The SMILES string of the molecule is CCCCCCCCCCCCCCOC(=O)c1ccc(C)c(N2C(=O)OC(c3nc4ccccc4c(=O)n3CCCOc3ccc(C(C)(C)CC)cc3C(C)(C)CC)C2=O)c1.Cc1ccccc1N1C(=O)OC(c2nc3c(NS(C)(=O)=O)cccc3c(=O)n2CCOC(C)C)C1=O. The second-order valence-corrected chi connectivity index (χ2v) is 28.7. The third-order valence-corrected chi connectivity index (χ3v) is 19.0. The number of cyclic esters (lactones) is 2. The van der Waals surface area contributed by atoms with Gasteiger partial charge in [0.1, 0.15) is 11.3 Å². The van der Waals surface area contributed by atoms with Crippen molar-refractivity contribution in [2.75, 3.05) is 40.6 Å². The van der Waals surface area contributed by atoms with E-state index in [4.69, 9.17) is 28.7 Å². The molecule has 22 heteroatoms. The number of rotatable bonds is 33. The Balaban J connectivity index is 0.000000287. The van der Waals surface area contributed by atoms with Gasteiger partial charge >= 0.3 is 18.2 Å². The predicted molar refractivity (Wildman–Crippen MR) is 382 cm³/mol. The van der Waals surface area contributed by atoms with Crippen molar-refractivity contribution in [1.82, 2.24) is 19.1 Å². The van der Waals surface area contributed by atoms with E-state index in [1.807, 2.05) is 13.8 Å². The Hall–Kier alpha value is -8.76. The van der Waals surface area contributed by atoms with E-state index in [-0.39, 0.29) is 81.7 Å². The highest BCUT2D eigenvalue weighted by Gasteiger charge is 2.47. The third-order valence-electron chi connectivity index (χ3n) is 18.4. The van der Waals surface area contributed by atoms with E-state index in [1.165, 1.54) is 96.8 Å². The van der Waals surface area contributed by atoms with Gasteiger partial charge in [-0.25, -0.2) is 42.6 Å². The molecule has 0 radical (unpaired) electrons. The summed E-state index contributed by atoms with van der Waals surface area (Å²) in [6, 6.07) is 29.5. The summed E-state index contributed by atoms with van der Waals surface area (Å²) in [5, 5.41) is 0.516. The minimum atomic E-state index is -3.70. The van der Waals surface area contributed by atoms with E-state index < -0.39 is 57.8 Å². The lowest BCUT2D eigenvalue weighted by Gasteiger charge is -2.30. The Kier molecular flexibility index (Phi) is 25.8. The van der Waals surface area contributed by atoms with Crippen LogP contribution in [-0.4, -0.2) is 89.7 Å². The van der Waals surface area contributed by atoms with E-state index >= 15 is 0 Å². The molecular weight excluding hydrogens is 1270 g/mol. The Morgan fingerprint density at radius 2 is 1.15 bits per heavy atom. The predicted octanol–water partition coefficient (Wildman–Crippen LogP) is 15.4. The van der Waals surface area contributed by atoms with Crippen LogP contribution in [0.2, 0.25) is 0 Å². The number of aromatic nitrogens is 4. The monoisotopic (exact) mass is 1360 g/mol. The van der Waals surface area contributed by atoms with Gasteiger partial charge in [0.15, 0.2) is 11.6 Å². The first-order valence-corrected chi connectivity index (χ1v) is 36.4. The van der Waals surface area contributed by atoms with Crippen LogP contribution >= 0.6 is 0 Å². The van der Waals surface area contributed by atoms with Crippen LogP contribution in [0.25, 0.3) is 21.8 Å². The van der Waals surface area contributed by atoms with Crippen molar-refractivity contribution in [1.29, 1.82) is 0 Å². The number of esters is 1. The zero-order chi connectivity index (χ0) is 71.1. The molecule has 2 atom stereocenters. The van der Waals surface area contributed by atoms with Crippen molar-refractivity contribution in [2.45, 2.75) is 215 Å². The fourth-order valence-corrected chi connectivity index (χ4v) is 12.5. The number of hydrogen-bond donors (Lipinski definition) is 1. The van der Waals surface area contributed by atoms with Gasteiger partial charge in [0.25, 0.3) is 22.9 Å². The summed E-state index contributed by atoms with van der Waals surface area (Å²) in [6.07, 6.45) is 13.0. The fraction of sp³-hybridized carbons (Fsp3) is 0.487. The molecule has 4 heterocycles. The average molecular weight is 1360 g/mol. The highest BCUT2D eigenvalue weighted by Crippen LogP contribution is 2.40. The molecule has 2 unspecified atom stereocenters. The van der Waals surface area contributed by atoms with Crippen LogP contribution in [0.5, 0.6) is 5.75 Å². The molecule has 0 bridgehead atoms. The molecule has 9 rings (SSSR count). The van der Waals surface area contributed by atoms with Crippen LogP contribution < -0.4 is 30.4 Å². The van der Waals surface area contributed by atoms with Crippen LogP contribution in [-0.2, 0) is 62.5 Å². The number of nitrogens with one attached hydrogen (secondary N) is 1. The molecule has 98 heavy (non-hydrogen) atoms. The lowest BCUT2D eigenvalue weighted by molar-refractivity contribution is -0.123. The van der Waals surface area contributed by atoms with E-state index in [1.54, 1.807) is 74.5 Å². The van der Waals surface area contributed by atoms with Gasteiger partial charge < -0.3 is 23.7 Å². The van der Waals surface area contributed by atoms with Crippen LogP contribution in [0, 0.1) is 13.8 Å². The largest absolute Gasteiger partial charge is 0.493 e. The van der Waals surface area contributed by atoms with Gasteiger partial charge in [-0.15, -0.1) is 0 Å². The maximum atomic E-state index is 14.2. The maximum absolute atomic E-state index is 14.2. The van der Waals surface area contributed by atoms with E-state index in [0.717, 1.165) is 59.5 Å². The molecule has 7 aromatic rings. The van der Waals surface area contributed by atoms with Crippen LogP contribution in [0.4, 0.5) is 26.7 Å². The quantitative estimate of drug-likeness (QED) is 0.0228. The molecular formula is C76H97N7O14S. The molecule has 0 spiro atoms. The summed E-state index contributed by atoms with van der Waals surface area (Å²) in [5.74, 6) is -1.23. The minimum Gasteiger partial charge on any atom is -0.493 e. The number of nitrogens with zero attached hydrogens (tertiary/aromatic N) is 6. The number of anilines is 3. The molecule has 21 nitrogen and oxygen atoms in total. The Morgan fingerprint density at radius 1 is 0.592 bits per heavy atom. The van der Waals surface area contributed by atoms with Crippen molar-refractivity contribution >= 4 is 78.9 Å². The van der Waals surface area contributed by atoms with Crippen LogP contribution in [0.15, 0.2) is 113 Å². The standard InChI is InChI=1S/C52H71N3O7.C24H26N4O7S/c1-9-12-13-14-15-16-17-18-19-20-21-24-33-61-49(58)38-29-28-37(4)43(35-38)55-48(57)45(62-50(55)59)46-53-42-27-23-22-26-40(42)47(56)54(46)32-25-34-60-44-31-30-39(51(5,6)10-2)36-41(44)52(7,8)11-3;1-14(2)34-13-12-27-21(20-23(30)28(24(31)35-20)18-11-6-5-8-15(18)3)25-19-16(22(27)29)9-7-10-17(19)26-36(4,32)33/h22-23,26-31,35-36,45H,9-21,24-25,32-34H2,1-8H3;5-11,14,20,26H,12-13H2,1-4H3. The van der Waals surface area contributed by atoms with Crippen LogP contribution in [0.1, 0.15) is 215 Å². The van der Waals surface area contributed by atoms with Crippen molar-refractivity contribution in [3.8, 4) is 5.75 Å². The highest BCUT2D eigenvalue weighted by atomic mass is 32.2. The zero-order valence-corrected chi connectivity index (χ0v) is 59.8. The van der Waals surface area contributed by atoms with Crippen molar-refractivity contribution in [2.24, 2.45) is 0 Å².